The predicted molar refractivity (Wildman–Crippen MR) is 79.7 cm³/mol. The molecule has 0 N–H and O–H groups in total. The second kappa shape index (κ2) is 5.60. The molecule has 3 heteroatoms. The lowest BCUT2D eigenvalue weighted by Crippen LogP contribution is -1.80. The molecule has 0 aliphatic rings. The lowest BCUT2D eigenvalue weighted by atomic mass is 10.1. The van der Waals surface area contributed by atoms with Gasteiger partial charge < -0.3 is 0 Å². The van der Waals surface area contributed by atoms with Crippen LogP contribution in [0.15, 0.2) is 25.9 Å². The lowest BCUT2D eigenvalue weighted by Gasteiger charge is -2.05. The molecule has 1 aromatic carbocycles. The third-order valence-corrected chi connectivity index (χ3v) is 4.35. The van der Waals surface area contributed by atoms with E-state index in [0.717, 1.165) is 0 Å². The Morgan fingerprint density at radius 2 is 1.69 bits per heavy atom. The van der Waals surface area contributed by atoms with Crippen LogP contribution in [-0.4, -0.2) is 6.26 Å². The zero-order valence-electron chi connectivity index (χ0n) is 7.47. The van der Waals surface area contributed by atoms with E-state index in [0.29, 0.717) is 0 Å². The summed E-state index contributed by atoms with van der Waals surface area (Å²) < 4.78 is 1.33. The maximum atomic E-state index is 2.36. The van der Waals surface area contributed by atoms with Crippen LogP contribution in [0.4, 0.5) is 0 Å². The summed E-state index contributed by atoms with van der Waals surface area (Å²) in [5.41, 5.74) is 2.63. The van der Waals surface area contributed by atoms with Crippen molar-refractivity contribution >= 4 is 61.8 Å². The first kappa shape index (κ1) is 11.8. The minimum absolute atomic E-state index is 1.31. The van der Waals surface area contributed by atoms with Gasteiger partial charge in [0.2, 0.25) is 0 Å². The van der Waals surface area contributed by atoms with Crippen molar-refractivity contribution in [2.24, 2.45) is 0 Å². The van der Waals surface area contributed by atoms with Gasteiger partial charge in [-0.3, -0.25) is 0 Å². The van der Waals surface area contributed by atoms with Gasteiger partial charge in [-0.1, -0.05) is 29.8 Å². The summed E-state index contributed by atoms with van der Waals surface area (Å²) in [6.07, 6.45) is 2.12. The van der Waals surface area contributed by atoms with E-state index in [1.165, 1.54) is 17.6 Å². The molecule has 0 unspecified atom stereocenters. The molecule has 0 radical (unpaired) electrons. The molecule has 0 aliphatic heterocycles. The largest absolute Gasteiger partial charge is 0.127 e. The first-order chi connectivity index (χ1) is 6.15. The number of halogens is 2. The predicted octanol–water partition coefficient (Wildman–Crippen LogP) is 4.85. The van der Waals surface area contributed by atoms with Crippen molar-refractivity contribution in [1.82, 2.24) is 0 Å². The van der Waals surface area contributed by atoms with E-state index >= 15 is 0 Å². The van der Waals surface area contributed by atoms with Crippen molar-refractivity contribution in [3.05, 3.63) is 37.0 Å². The van der Waals surface area contributed by atoms with Gasteiger partial charge in [-0.25, -0.2) is 0 Å². The highest BCUT2D eigenvalue weighted by Crippen LogP contribution is 2.35. The molecule has 70 valence electrons. The summed E-state index contributed by atoms with van der Waals surface area (Å²) in [5.74, 6) is 0. The van der Waals surface area contributed by atoms with Gasteiger partial charge in [-0.15, -0.1) is 11.8 Å². The number of hydrogen-bond donors (Lipinski definition) is 0. The molecule has 1 rings (SSSR count). The van der Waals surface area contributed by atoms with Crippen LogP contribution in [0.2, 0.25) is 0 Å². The van der Waals surface area contributed by atoms with Crippen molar-refractivity contribution in [2.45, 2.75) is 6.92 Å². The first-order valence-electron chi connectivity index (χ1n) is 3.81. The molecule has 0 spiro atoms. The number of rotatable bonds is 2. The van der Waals surface area contributed by atoms with Crippen LogP contribution >= 0.6 is 56.9 Å². The zero-order chi connectivity index (χ0) is 9.84. The topological polar surface area (TPSA) is 0 Å². The molecule has 0 heterocycles. The lowest BCUT2D eigenvalue weighted by molar-refractivity contribution is 1.46. The zero-order valence-corrected chi connectivity index (χ0v) is 12.6. The maximum Gasteiger partial charge on any atom is 0.0655 e. The molecule has 0 saturated heterocycles. The van der Waals surface area contributed by atoms with Gasteiger partial charge in [0.05, 0.1) is 1.59 Å². The Labute approximate surface area is 111 Å². The maximum absolute atomic E-state index is 2.36. The van der Waals surface area contributed by atoms with E-state index in [2.05, 4.69) is 82.6 Å². The van der Waals surface area contributed by atoms with Crippen molar-refractivity contribution in [3.63, 3.8) is 0 Å². The van der Waals surface area contributed by atoms with Crippen molar-refractivity contribution in [2.75, 3.05) is 6.26 Å². The molecule has 0 nitrogen and oxygen atoms in total. The van der Waals surface area contributed by atoms with Gasteiger partial charge in [0, 0.05) is 4.91 Å². The summed E-state index contributed by atoms with van der Waals surface area (Å²) in [6, 6.07) is 8.67. The highest BCUT2D eigenvalue weighted by Gasteiger charge is 2.02. The monoisotopic (exact) mass is 416 g/mol. The minimum atomic E-state index is 1.31. The fourth-order valence-corrected chi connectivity index (χ4v) is 3.48. The highest BCUT2D eigenvalue weighted by atomic mass is 127. The number of hydrogen-bond acceptors (Lipinski definition) is 1. The van der Waals surface area contributed by atoms with Gasteiger partial charge in [0.15, 0.2) is 0 Å². The van der Waals surface area contributed by atoms with Gasteiger partial charge in [-0.05, 0) is 63.9 Å². The third-order valence-electron chi connectivity index (χ3n) is 1.69. The molecule has 0 aliphatic carbocycles. The van der Waals surface area contributed by atoms with Gasteiger partial charge >= 0.3 is 0 Å². The summed E-state index contributed by atoms with van der Waals surface area (Å²) in [4.78, 5) is 1.36. The van der Waals surface area contributed by atoms with Crippen LogP contribution in [0.1, 0.15) is 11.1 Å². The second-order valence-electron chi connectivity index (χ2n) is 2.66. The molecule has 1 aromatic rings. The quantitative estimate of drug-likeness (QED) is 0.622. The number of benzene rings is 1. The Kier molecular flexibility index (Phi) is 5.10. The van der Waals surface area contributed by atoms with Crippen LogP contribution in [-0.2, 0) is 0 Å². The van der Waals surface area contributed by atoms with Gasteiger partial charge in [-0.2, -0.15) is 0 Å². The minimum Gasteiger partial charge on any atom is -0.127 e. The smallest absolute Gasteiger partial charge is 0.0655 e. The van der Waals surface area contributed by atoms with E-state index < -0.39 is 0 Å². The van der Waals surface area contributed by atoms with Gasteiger partial charge in [0.25, 0.3) is 0 Å². The summed E-state index contributed by atoms with van der Waals surface area (Å²) >= 11 is 6.53. The number of aryl methyl sites for hydroxylation is 1. The Morgan fingerprint density at radius 3 is 2.08 bits per heavy atom. The third kappa shape index (κ3) is 3.43. The molecule has 0 aromatic heterocycles. The van der Waals surface area contributed by atoms with Crippen LogP contribution < -0.4 is 0 Å². The SMILES string of the molecule is CSC(=C(I)I)c1ccc(C)cc1. The average Bonchev–Trinajstić information content (AvgIpc) is 2.09. The molecule has 0 amide bonds. The average molecular weight is 416 g/mol. The highest BCUT2D eigenvalue weighted by molar-refractivity contribution is 14.2. The summed E-state index contributed by atoms with van der Waals surface area (Å²) in [5, 5.41) is 0. The van der Waals surface area contributed by atoms with E-state index in [4.69, 9.17) is 0 Å². The van der Waals surface area contributed by atoms with Crippen molar-refractivity contribution in [1.29, 1.82) is 0 Å². The molecule has 0 atom stereocenters. The standard InChI is InChI=1S/C10H10I2S/c1-7-3-5-8(6-4-7)9(13-2)10(11)12/h3-6H,1-2H3. The van der Waals surface area contributed by atoms with Crippen LogP contribution in [0, 0.1) is 6.92 Å². The summed E-state index contributed by atoms with van der Waals surface area (Å²) in [7, 11) is 0. The Morgan fingerprint density at radius 1 is 1.15 bits per heavy atom. The van der Waals surface area contributed by atoms with Crippen LogP contribution in [0.3, 0.4) is 0 Å². The van der Waals surface area contributed by atoms with Crippen molar-refractivity contribution < 1.29 is 0 Å². The van der Waals surface area contributed by atoms with Crippen LogP contribution in [0.25, 0.3) is 4.91 Å². The van der Waals surface area contributed by atoms with E-state index in [1.54, 1.807) is 11.8 Å². The van der Waals surface area contributed by atoms with Gasteiger partial charge in [0.1, 0.15) is 0 Å². The molecule has 13 heavy (non-hydrogen) atoms. The Balaban J connectivity index is 3.07. The first-order valence-corrected chi connectivity index (χ1v) is 7.19. The second-order valence-corrected chi connectivity index (χ2v) is 7.70. The molecular weight excluding hydrogens is 406 g/mol. The normalized spacial score (nSPS) is 9.85. The fraction of sp³-hybridized carbons (Fsp3) is 0.200. The van der Waals surface area contributed by atoms with E-state index in [9.17, 15) is 0 Å². The Hall–Kier alpha value is 0.770. The van der Waals surface area contributed by atoms with E-state index in [-0.39, 0.29) is 0 Å². The molecule has 0 saturated carbocycles. The van der Waals surface area contributed by atoms with E-state index in [1.807, 2.05) is 0 Å². The van der Waals surface area contributed by atoms with Crippen LogP contribution in [0.5, 0.6) is 0 Å². The molecule has 0 fully saturated rings. The Bertz CT molecular complexity index is 310. The molecular formula is C10H10I2S. The molecule has 0 bridgehead atoms. The van der Waals surface area contributed by atoms with Crippen molar-refractivity contribution in [3.8, 4) is 0 Å². The summed E-state index contributed by atoms with van der Waals surface area (Å²) in [6.45, 7) is 2.11. The number of thioether (sulfide) groups is 1. The fourth-order valence-electron chi connectivity index (χ4n) is 1.01.